The highest BCUT2D eigenvalue weighted by Crippen LogP contribution is 2.32. The lowest BCUT2D eigenvalue weighted by molar-refractivity contribution is 0.0387. The smallest absolute Gasteiger partial charge is 0.261 e. The fraction of sp³-hybridized carbons (Fsp3) is 0.345. The topological polar surface area (TPSA) is 143 Å². The fourth-order valence-corrected chi connectivity index (χ4v) is 6.84. The van der Waals surface area contributed by atoms with Crippen LogP contribution < -0.4 is 14.2 Å². The molecule has 0 radical (unpaired) electrons. The molecule has 43 heavy (non-hydrogen) atoms. The summed E-state index contributed by atoms with van der Waals surface area (Å²) in [7, 11) is -5.18. The van der Waals surface area contributed by atoms with Gasteiger partial charge in [0.25, 0.3) is 15.9 Å². The highest BCUT2D eigenvalue weighted by molar-refractivity contribution is 7.92. The zero-order valence-corrected chi connectivity index (χ0v) is 25.7. The first-order valence-electron chi connectivity index (χ1n) is 13.4. The van der Waals surface area contributed by atoms with Gasteiger partial charge in [0.05, 0.1) is 41.7 Å². The van der Waals surface area contributed by atoms with Gasteiger partial charge in [-0.3, -0.25) is 9.52 Å². The van der Waals surface area contributed by atoms with Gasteiger partial charge in [0, 0.05) is 25.2 Å². The van der Waals surface area contributed by atoms with Crippen molar-refractivity contribution in [3.8, 4) is 11.5 Å². The Morgan fingerprint density at radius 2 is 1.70 bits per heavy atom. The number of amides is 1. The van der Waals surface area contributed by atoms with E-state index in [-0.39, 0.29) is 52.4 Å². The maximum Gasteiger partial charge on any atom is 0.261 e. The molecule has 3 aromatic rings. The zero-order chi connectivity index (χ0) is 31.5. The van der Waals surface area contributed by atoms with E-state index in [0.29, 0.717) is 5.75 Å². The van der Waals surface area contributed by atoms with Gasteiger partial charge < -0.3 is 19.5 Å². The number of aliphatic hydroxyl groups excluding tert-OH is 1. The molecule has 1 aliphatic heterocycles. The van der Waals surface area contributed by atoms with Crippen LogP contribution in [0.15, 0.2) is 76.5 Å². The van der Waals surface area contributed by atoms with E-state index in [1.54, 1.807) is 13.8 Å². The van der Waals surface area contributed by atoms with Crippen molar-refractivity contribution in [2.75, 3.05) is 38.6 Å². The Morgan fingerprint density at radius 1 is 1.07 bits per heavy atom. The van der Waals surface area contributed by atoms with Gasteiger partial charge in [0.15, 0.2) is 0 Å². The van der Waals surface area contributed by atoms with Crippen molar-refractivity contribution in [3.05, 3.63) is 78.1 Å². The molecule has 11 nitrogen and oxygen atoms in total. The van der Waals surface area contributed by atoms with Crippen LogP contribution in [0.3, 0.4) is 0 Å². The summed E-state index contributed by atoms with van der Waals surface area (Å²) in [4.78, 5) is 15.1. The van der Waals surface area contributed by atoms with Crippen LogP contribution in [-0.4, -0.2) is 83.1 Å². The van der Waals surface area contributed by atoms with Gasteiger partial charge in [0.2, 0.25) is 10.0 Å². The molecule has 0 saturated carbocycles. The third kappa shape index (κ3) is 7.09. The van der Waals surface area contributed by atoms with Crippen LogP contribution >= 0.6 is 0 Å². The zero-order valence-electron chi connectivity index (χ0n) is 24.1. The normalized spacial score (nSPS) is 18.3. The van der Waals surface area contributed by atoms with Crippen LogP contribution in [0, 0.1) is 11.7 Å². The maximum atomic E-state index is 13.7. The molecular weight excluding hydrogens is 601 g/mol. The number of nitrogens with zero attached hydrogens (tertiary/aromatic N) is 2. The second-order valence-corrected chi connectivity index (χ2v) is 14.1. The van der Waals surface area contributed by atoms with Gasteiger partial charge >= 0.3 is 0 Å². The number of anilines is 1. The minimum Gasteiger partial charge on any atom is -0.497 e. The molecule has 3 aromatic carbocycles. The lowest BCUT2D eigenvalue weighted by atomic mass is 9.99. The van der Waals surface area contributed by atoms with E-state index in [4.69, 9.17) is 9.47 Å². The molecule has 0 aromatic heterocycles. The molecule has 2 N–H and O–H groups in total. The van der Waals surface area contributed by atoms with Gasteiger partial charge in [-0.25, -0.2) is 21.2 Å². The third-order valence-electron chi connectivity index (χ3n) is 7.25. The number of hydrogen-bond acceptors (Lipinski definition) is 8. The molecule has 0 bridgehead atoms. The first-order valence-corrected chi connectivity index (χ1v) is 16.3. The summed E-state index contributed by atoms with van der Waals surface area (Å²) in [6.07, 6.45) is -0.748. The van der Waals surface area contributed by atoms with E-state index < -0.39 is 43.9 Å². The Kier molecular flexibility index (Phi) is 9.64. The Hall–Kier alpha value is -3.72. The van der Waals surface area contributed by atoms with Crippen molar-refractivity contribution in [1.82, 2.24) is 9.21 Å². The summed E-state index contributed by atoms with van der Waals surface area (Å²) >= 11 is 0. The number of sulfonamides is 2. The number of ether oxygens (including phenoxy) is 2. The summed E-state index contributed by atoms with van der Waals surface area (Å²) in [5.41, 5.74) is 0.139. The highest BCUT2D eigenvalue weighted by Gasteiger charge is 2.35. The minimum absolute atomic E-state index is 0.0163. The van der Waals surface area contributed by atoms with Crippen molar-refractivity contribution < 1.29 is 40.6 Å². The van der Waals surface area contributed by atoms with E-state index in [0.717, 1.165) is 16.4 Å². The molecule has 0 spiro atoms. The number of methoxy groups -OCH3 is 1. The lowest BCUT2D eigenvalue weighted by Crippen LogP contribution is -2.50. The number of carbonyl (C=O) groups excluding carboxylic acids is 1. The van der Waals surface area contributed by atoms with E-state index in [9.17, 15) is 31.1 Å². The van der Waals surface area contributed by atoms with Crippen LogP contribution in [-0.2, 0) is 20.0 Å². The predicted octanol–water partition coefficient (Wildman–Crippen LogP) is 3.18. The first kappa shape index (κ1) is 32.2. The SMILES string of the molecule is COc1ccc(S(=O)(=O)Nc2ccc3c(c2)C(=O)N([C@@H](C)CO)C[C@@H](C)[C@@H](CN(C)S(=O)(=O)c2ccc(F)cc2)O3)cc1. The number of halogens is 1. The molecule has 14 heteroatoms. The van der Waals surface area contributed by atoms with Crippen molar-refractivity contribution in [3.63, 3.8) is 0 Å². The van der Waals surface area contributed by atoms with Crippen LogP contribution in [0.1, 0.15) is 24.2 Å². The number of benzene rings is 3. The molecule has 4 rings (SSSR count). The monoisotopic (exact) mass is 635 g/mol. The molecule has 1 heterocycles. The number of nitrogens with one attached hydrogen (secondary N) is 1. The summed E-state index contributed by atoms with van der Waals surface area (Å²) < 4.78 is 80.8. The number of likely N-dealkylation sites (N-methyl/N-ethyl adjacent to an activating group) is 1. The second-order valence-electron chi connectivity index (χ2n) is 10.4. The minimum atomic E-state index is -4.02. The maximum absolute atomic E-state index is 13.7. The average molecular weight is 636 g/mol. The van der Waals surface area contributed by atoms with Crippen LogP contribution in [0.4, 0.5) is 10.1 Å². The molecule has 0 unspecified atom stereocenters. The van der Waals surface area contributed by atoms with E-state index in [2.05, 4.69) is 4.72 Å². The summed E-state index contributed by atoms with van der Waals surface area (Å²) in [5, 5.41) is 9.90. The average Bonchev–Trinajstić information content (AvgIpc) is 2.98. The molecule has 0 aliphatic carbocycles. The number of carbonyl (C=O) groups is 1. The summed E-state index contributed by atoms with van der Waals surface area (Å²) in [6, 6.07) is 13.9. The Balaban J connectivity index is 1.67. The Morgan fingerprint density at radius 3 is 2.30 bits per heavy atom. The summed E-state index contributed by atoms with van der Waals surface area (Å²) in [5.74, 6) is -0.828. The van der Waals surface area contributed by atoms with Crippen molar-refractivity contribution >= 4 is 31.6 Å². The van der Waals surface area contributed by atoms with Crippen molar-refractivity contribution in [1.29, 1.82) is 0 Å². The highest BCUT2D eigenvalue weighted by atomic mass is 32.2. The Bertz CT molecular complexity index is 1670. The number of aliphatic hydroxyl groups is 1. The predicted molar refractivity (Wildman–Crippen MR) is 158 cm³/mol. The van der Waals surface area contributed by atoms with Crippen LogP contribution in [0.25, 0.3) is 0 Å². The quantitative estimate of drug-likeness (QED) is 0.346. The van der Waals surface area contributed by atoms with Gasteiger partial charge in [-0.15, -0.1) is 0 Å². The van der Waals surface area contributed by atoms with Crippen molar-refractivity contribution in [2.24, 2.45) is 5.92 Å². The first-order chi connectivity index (χ1) is 20.3. The lowest BCUT2D eigenvalue weighted by Gasteiger charge is -2.38. The van der Waals surface area contributed by atoms with E-state index in [1.165, 1.54) is 73.7 Å². The molecule has 1 aliphatic rings. The van der Waals surface area contributed by atoms with E-state index in [1.807, 2.05) is 0 Å². The number of rotatable bonds is 10. The molecule has 0 saturated heterocycles. The largest absolute Gasteiger partial charge is 0.497 e. The van der Waals surface area contributed by atoms with Gasteiger partial charge in [0.1, 0.15) is 23.4 Å². The van der Waals surface area contributed by atoms with Crippen molar-refractivity contribution in [2.45, 2.75) is 35.8 Å². The molecule has 0 fully saturated rings. The van der Waals surface area contributed by atoms with E-state index >= 15 is 0 Å². The summed E-state index contributed by atoms with van der Waals surface area (Å²) in [6.45, 7) is 3.15. The molecule has 232 valence electrons. The second kappa shape index (κ2) is 12.9. The fourth-order valence-electron chi connectivity index (χ4n) is 4.61. The number of fused-ring (bicyclic) bond motifs is 1. The van der Waals surface area contributed by atoms with Gasteiger partial charge in [-0.2, -0.15) is 4.31 Å². The van der Waals surface area contributed by atoms with Crippen LogP contribution in [0.2, 0.25) is 0 Å². The molecule has 1 amide bonds. The Labute approximate surface area is 250 Å². The van der Waals surface area contributed by atoms with Gasteiger partial charge in [-0.1, -0.05) is 6.92 Å². The standard InChI is InChI=1S/C29H34FN3O8S2/c1-19-16-33(20(2)18-34)29(35)26-15-22(31-42(36,37)24-12-8-23(40-4)9-13-24)7-14-27(26)41-28(19)17-32(3)43(38,39)25-10-5-21(30)6-11-25/h5-15,19-20,28,31,34H,16-18H2,1-4H3/t19-,20+,28-/m1/s1. The molecule has 3 atom stereocenters. The van der Waals surface area contributed by atoms with Gasteiger partial charge in [-0.05, 0) is 73.7 Å². The third-order valence-corrected chi connectivity index (χ3v) is 10.5. The molecular formula is C29H34FN3O8S2. The number of hydrogen-bond donors (Lipinski definition) is 2. The van der Waals surface area contributed by atoms with Crippen LogP contribution in [0.5, 0.6) is 11.5 Å².